The molecule has 0 amide bonds. The zero-order chi connectivity index (χ0) is 20.5. The third-order valence-corrected chi connectivity index (χ3v) is 5.10. The summed E-state index contributed by atoms with van der Waals surface area (Å²) >= 11 is 0. The Hall–Kier alpha value is -3.60. The molecule has 0 unspecified atom stereocenters. The summed E-state index contributed by atoms with van der Waals surface area (Å²) in [6.45, 7) is 2.61. The van der Waals surface area contributed by atoms with E-state index < -0.39 is 11.7 Å². The van der Waals surface area contributed by atoms with E-state index in [1.54, 1.807) is 48.5 Å². The number of hydrogen-bond donors (Lipinski definition) is 2. The van der Waals surface area contributed by atoms with Gasteiger partial charge in [0.2, 0.25) is 5.78 Å². The number of carbonyl (C=O) groups excluding carboxylic acids is 2. The van der Waals surface area contributed by atoms with Crippen molar-refractivity contribution in [3.63, 3.8) is 0 Å². The number of hydrogen-bond acceptors (Lipinski definition) is 5. The highest BCUT2D eigenvalue weighted by molar-refractivity contribution is 6.19. The molecule has 1 aliphatic carbocycles. The fourth-order valence-electron chi connectivity index (χ4n) is 3.77. The average molecular weight is 388 g/mol. The van der Waals surface area contributed by atoms with E-state index >= 15 is 0 Å². The minimum absolute atomic E-state index is 0.0581. The van der Waals surface area contributed by atoms with Crippen LogP contribution in [0.3, 0.4) is 0 Å². The first-order valence-corrected chi connectivity index (χ1v) is 9.48. The van der Waals surface area contributed by atoms with Crippen LogP contribution >= 0.6 is 0 Å². The summed E-state index contributed by atoms with van der Waals surface area (Å²) in [6.07, 6.45) is 0.886. The second-order valence-electron chi connectivity index (χ2n) is 6.98. The molecule has 4 rings (SSSR count). The maximum atomic E-state index is 13.5. The quantitative estimate of drug-likeness (QED) is 0.631. The summed E-state index contributed by atoms with van der Waals surface area (Å²) < 4.78 is 5.57. The van der Waals surface area contributed by atoms with Gasteiger partial charge in [0.25, 0.3) is 0 Å². The lowest BCUT2D eigenvalue weighted by molar-refractivity contribution is 0.0967. The lowest BCUT2D eigenvalue weighted by atomic mass is 9.73. The number of phenols is 2. The normalized spacial score (nSPS) is 12.9. The van der Waals surface area contributed by atoms with Gasteiger partial charge in [-0.1, -0.05) is 31.2 Å². The molecule has 0 atom stereocenters. The second-order valence-corrected chi connectivity index (χ2v) is 6.98. The van der Waals surface area contributed by atoms with Crippen LogP contribution in [0.1, 0.15) is 56.7 Å². The number of rotatable bonds is 5. The van der Waals surface area contributed by atoms with Crippen molar-refractivity contribution in [1.29, 1.82) is 0 Å². The number of fused-ring (bicyclic) bond motifs is 2. The number of benzene rings is 3. The Bertz CT molecular complexity index is 1040. The van der Waals surface area contributed by atoms with Crippen LogP contribution in [0.15, 0.2) is 60.7 Å². The van der Waals surface area contributed by atoms with Gasteiger partial charge in [-0.2, -0.15) is 0 Å². The Morgan fingerprint density at radius 1 is 0.897 bits per heavy atom. The van der Waals surface area contributed by atoms with Gasteiger partial charge < -0.3 is 14.9 Å². The molecule has 0 saturated carbocycles. The van der Waals surface area contributed by atoms with Gasteiger partial charge in [0, 0.05) is 5.56 Å². The lowest BCUT2D eigenvalue weighted by Crippen LogP contribution is -2.25. The minimum Gasteiger partial charge on any atom is -0.507 e. The molecular formula is C24H20O5. The number of aromatic hydroxyl groups is 2. The van der Waals surface area contributed by atoms with Gasteiger partial charge in [-0.25, -0.2) is 0 Å². The molecule has 5 heteroatoms. The van der Waals surface area contributed by atoms with Gasteiger partial charge in [-0.15, -0.1) is 0 Å². The van der Waals surface area contributed by atoms with Gasteiger partial charge in [0.15, 0.2) is 5.78 Å². The van der Waals surface area contributed by atoms with Crippen LogP contribution in [0.25, 0.3) is 0 Å². The monoisotopic (exact) mass is 388 g/mol. The van der Waals surface area contributed by atoms with Crippen molar-refractivity contribution in [2.45, 2.75) is 19.3 Å². The third-order valence-electron chi connectivity index (χ3n) is 5.10. The highest BCUT2D eigenvalue weighted by Crippen LogP contribution is 2.44. The Labute approximate surface area is 168 Å². The highest BCUT2D eigenvalue weighted by atomic mass is 16.5. The Morgan fingerprint density at radius 3 is 1.97 bits per heavy atom. The van der Waals surface area contributed by atoms with Gasteiger partial charge in [0.1, 0.15) is 17.2 Å². The van der Waals surface area contributed by atoms with Crippen LogP contribution in [0.2, 0.25) is 0 Å². The summed E-state index contributed by atoms with van der Waals surface area (Å²) in [5, 5.41) is 20.6. The second kappa shape index (κ2) is 7.43. The molecule has 0 bridgehead atoms. The van der Waals surface area contributed by atoms with E-state index in [-0.39, 0.29) is 28.4 Å². The molecule has 0 heterocycles. The van der Waals surface area contributed by atoms with Crippen LogP contribution in [-0.4, -0.2) is 28.4 Å². The van der Waals surface area contributed by atoms with E-state index in [9.17, 15) is 19.8 Å². The largest absolute Gasteiger partial charge is 0.507 e. The molecule has 2 N–H and O–H groups in total. The topological polar surface area (TPSA) is 83.8 Å². The van der Waals surface area contributed by atoms with Crippen LogP contribution < -0.4 is 4.74 Å². The minimum atomic E-state index is -0.806. The maximum absolute atomic E-state index is 13.5. The first-order valence-electron chi connectivity index (χ1n) is 9.48. The molecule has 29 heavy (non-hydrogen) atoms. The Balaban J connectivity index is 1.83. The SMILES string of the molecule is CCCOc1ccc(C(=O)C2c3cccc(O)c3C(=O)c3c(O)cccc32)cc1. The van der Waals surface area contributed by atoms with E-state index in [0.717, 1.165) is 6.42 Å². The molecule has 0 radical (unpaired) electrons. The first kappa shape index (κ1) is 18.7. The summed E-state index contributed by atoms with van der Waals surface area (Å²) in [7, 11) is 0. The van der Waals surface area contributed by atoms with Crippen molar-refractivity contribution in [1.82, 2.24) is 0 Å². The number of Topliss-reactive ketones (excluding diaryl/α,β-unsaturated/α-hetero) is 1. The molecular weight excluding hydrogens is 368 g/mol. The summed E-state index contributed by atoms with van der Waals surface area (Å²) in [5.41, 5.74) is 1.44. The van der Waals surface area contributed by atoms with Gasteiger partial charge in [0.05, 0.1) is 23.7 Å². The molecule has 146 valence electrons. The Morgan fingerprint density at radius 2 is 1.45 bits per heavy atom. The molecule has 3 aromatic carbocycles. The van der Waals surface area contributed by atoms with Crippen molar-refractivity contribution in [2.24, 2.45) is 0 Å². The van der Waals surface area contributed by atoms with Crippen LogP contribution in [0, 0.1) is 0 Å². The number of carbonyl (C=O) groups is 2. The van der Waals surface area contributed by atoms with Gasteiger partial charge in [-0.05, 0) is 53.9 Å². The lowest BCUT2D eigenvalue weighted by Gasteiger charge is -2.27. The molecule has 0 fully saturated rings. The third kappa shape index (κ3) is 3.14. The molecule has 3 aromatic rings. The van der Waals surface area contributed by atoms with Crippen molar-refractivity contribution >= 4 is 11.6 Å². The van der Waals surface area contributed by atoms with Crippen molar-refractivity contribution < 1.29 is 24.5 Å². The van der Waals surface area contributed by atoms with E-state index in [0.29, 0.717) is 29.0 Å². The van der Waals surface area contributed by atoms with Crippen molar-refractivity contribution in [2.75, 3.05) is 6.61 Å². The Kier molecular flexibility index (Phi) is 4.80. The van der Waals surface area contributed by atoms with Crippen molar-refractivity contribution in [3.05, 3.63) is 88.5 Å². The van der Waals surface area contributed by atoms with E-state index in [2.05, 4.69) is 0 Å². The summed E-state index contributed by atoms with van der Waals surface area (Å²) in [4.78, 5) is 26.4. The zero-order valence-corrected chi connectivity index (χ0v) is 15.9. The molecule has 0 spiro atoms. The number of ether oxygens (including phenoxy) is 1. The number of ketones is 2. The molecule has 1 aliphatic rings. The standard InChI is InChI=1S/C24H20O5/c1-2-13-29-15-11-9-14(10-12-15)23(27)20-16-5-3-7-18(25)21(16)24(28)22-17(20)6-4-8-19(22)26/h3-12,20,25-26H,2,13H2,1H3. The van der Waals surface area contributed by atoms with Gasteiger partial charge in [-0.3, -0.25) is 9.59 Å². The highest BCUT2D eigenvalue weighted by Gasteiger charge is 2.38. The van der Waals surface area contributed by atoms with E-state index in [1.165, 1.54) is 12.1 Å². The maximum Gasteiger partial charge on any atom is 0.201 e. The van der Waals surface area contributed by atoms with Gasteiger partial charge >= 0.3 is 0 Å². The van der Waals surface area contributed by atoms with Crippen LogP contribution in [-0.2, 0) is 0 Å². The zero-order valence-electron chi connectivity index (χ0n) is 15.9. The van der Waals surface area contributed by atoms with Crippen LogP contribution in [0.4, 0.5) is 0 Å². The van der Waals surface area contributed by atoms with E-state index in [4.69, 9.17) is 4.74 Å². The summed E-state index contributed by atoms with van der Waals surface area (Å²) in [5.74, 6) is -1.25. The fraction of sp³-hybridized carbons (Fsp3) is 0.167. The summed E-state index contributed by atoms with van der Waals surface area (Å²) in [6, 6.07) is 16.2. The van der Waals surface area contributed by atoms with Crippen LogP contribution in [0.5, 0.6) is 17.2 Å². The fourth-order valence-corrected chi connectivity index (χ4v) is 3.77. The first-order chi connectivity index (χ1) is 14.0. The number of phenolic OH excluding ortho intramolecular Hbond substituents is 2. The predicted octanol–water partition coefficient (Wildman–Crippen LogP) is 4.45. The van der Waals surface area contributed by atoms with Crippen molar-refractivity contribution in [3.8, 4) is 17.2 Å². The smallest absolute Gasteiger partial charge is 0.201 e. The average Bonchev–Trinajstić information content (AvgIpc) is 2.72. The molecule has 0 aromatic heterocycles. The van der Waals surface area contributed by atoms with E-state index in [1.807, 2.05) is 6.92 Å². The molecule has 0 saturated heterocycles. The predicted molar refractivity (Wildman–Crippen MR) is 108 cm³/mol. The molecule has 0 aliphatic heterocycles. The molecule has 5 nitrogen and oxygen atoms in total.